The fourth-order valence-electron chi connectivity index (χ4n) is 3.64. The summed E-state index contributed by atoms with van der Waals surface area (Å²) >= 11 is 0. The van der Waals surface area contributed by atoms with E-state index < -0.39 is 18.1 Å². The van der Waals surface area contributed by atoms with Crippen molar-refractivity contribution in [2.24, 2.45) is 0 Å². The van der Waals surface area contributed by atoms with Crippen LogP contribution in [0.25, 0.3) is 11.1 Å². The standard InChI is InChI=1S/C24H29NO4S2/c1-24(2,3)31-30-15-16(13-22(26)27)25(4)23(28)29-14-21-19-11-7-5-9-17(19)18-10-6-8-12-20(18)21/h5-12,16,21H,13-15H2,1-4H3,(H,26,27)/t16-/m1/s1. The summed E-state index contributed by atoms with van der Waals surface area (Å²) in [5.74, 6) is -0.423. The number of hydrogen-bond acceptors (Lipinski definition) is 5. The van der Waals surface area contributed by atoms with Crippen molar-refractivity contribution in [3.63, 3.8) is 0 Å². The Kier molecular flexibility index (Phi) is 7.59. The topological polar surface area (TPSA) is 66.8 Å². The van der Waals surface area contributed by atoms with E-state index in [1.54, 1.807) is 28.6 Å². The van der Waals surface area contributed by atoms with Crippen molar-refractivity contribution in [3.05, 3.63) is 59.7 Å². The molecule has 0 aliphatic heterocycles. The van der Waals surface area contributed by atoms with E-state index in [1.807, 2.05) is 24.3 Å². The Morgan fingerprint density at radius 2 is 1.61 bits per heavy atom. The lowest BCUT2D eigenvalue weighted by atomic mass is 9.98. The maximum Gasteiger partial charge on any atom is 0.409 e. The highest BCUT2D eigenvalue weighted by molar-refractivity contribution is 8.77. The second kappa shape index (κ2) is 10.0. The van der Waals surface area contributed by atoms with E-state index in [0.717, 1.165) is 11.1 Å². The lowest BCUT2D eigenvalue weighted by Crippen LogP contribution is -2.40. The molecule has 1 atom stereocenters. The van der Waals surface area contributed by atoms with Crippen molar-refractivity contribution in [1.82, 2.24) is 4.90 Å². The van der Waals surface area contributed by atoms with Crippen LogP contribution in [0.15, 0.2) is 48.5 Å². The van der Waals surface area contributed by atoms with Crippen LogP contribution in [0.2, 0.25) is 0 Å². The van der Waals surface area contributed by atoms with Gasteiger partial charge in [0.05, 0.1) is 12.5 Å². The lowest BCUT2D eigenvalue weighted by Gasteiger charge is -2.27. The average molecular weight is 460 g/mol. The van der Waals surface area contributed by atoms with Gasteiger partial charge in [-0.3, -0.25) is 4.79 Å². The number of rotatable bonds is 8. The number of nitrogens with zero attached hydrogens (tertiary/aromatic N) is 1. The zero-order chi connectivity index (χ0) is 22.6. The minimum atomic E-state index is -0.926. The average Bonchev–Trinajstić information content (AvgIpc) is 3.03. The Bertz CT molecular complexity index is 896. The predicted molar refractivity (Wildman–Crippen MR) is 129 cm³/mol. The number of benzene rings is 2. The van der Waals surface area contributed by atoms with Gasteiger partial charge in [-0.25, -0.2) is 4.79 Å². The molecular formula is C24H29NO4S2. The maximum atomic E-state index is 12.8. The smallest absolute Gasteiger partial charge is 0.409 e. The molecule has 31 heavy (non-hydrogen) atoms. The molecule has 1 aliphatic rings. The summed E-state index contributed by atoms with van der Waals surface area (Å²) in [6.07, 6.45) is -0.604. The van der Waals surface area contributed by atoms with E-state index in [-0.39, 0.29) is 23.7 Å². The first kappa shape index (κ1) is 23.5. The Balaban J connectivity index is 1.66. The SMILES string of the molecule is CN(C(=O)OCC1c2ccccc2-c2ccccc21)[C@@H](CSSC(C)(C)C)CC(=O)O. The molecule has 1 aliphatic carbocycles. The molecule has 0 saturated carbocycles. The molecule has 0 spiro atoms. The van der Waals surface area contributed by atoms with Crippen LogP contribution in [0.4, 0.5) is 4.79 Å². The van der Waals surface area contributed by atoms with Gasteiger partial charge in [-0.05, 0) is 22.3 Å². The first-order chi connectivity index (χ1) is 14.7. The van der Waals surface area contributed by atoms with Gasteiger partial charge < -0.3 is 14.7 Å². The highest BCUT2D eigenvalue weighted by atomic mass is 33.1. The van der Waals surface area contributed by atoms with E-state index in [9.17, 15) is 14.7 Å². The number of carbonyl (C=O) groups excluding carboxylic acids is 1. The number of ether oxygens (including phenoxy) is 1. The van der Waals surface area contributed by atoms with Crippen LogP contribution in [-0.2, 0) is 9.53 Å². The third-order valence-electron chi connectivity index (χ3n) is 5.15. The highest BCUT2D eigenvalue weighted by Gasteiger charge is 2.31. The second-order valence-corrected chi connectivity index (χ2v) is 11.8. The van der Waals surface area contributed by atoms with Crippen LogP contribution in [0.1, 0.15) is 44.2 Å². The molecule has 0 fully saturated rings. The van der Waals surface area contributed by atoms with Gasteiger partial charge in [-0.2, -0.15) is 0 Å². The molecule has 0 heterocycles. The van der Waals surface area contributed by atoms with E-state index in [0.29, 0.717) is 5.75 Å². The van der Waals surface area contributed by atoms with Gasteiger partial charge in [0.25, 0.3) is 0 Å². The summed E-state index contributed by atoms with van der Waals surface area (Å²) in [4.78, 5) is 25.6. The van der Waals surface area contributed by atoms with Crippen LogP contribution in [-0.4, -0.2) is 52.3 Å². The second-order valence-electron chi connectivity index (χ2n) is 8.65. The highest BCUT2D eigenvalue weighted by Crippen LogP contribution is 2.44. The number of carbonyl (C=O) groups is 2. The molecule has 0 saturated heterocycles. The minimum Gasteiger partial charge on any atom is -0.481 e. The third-order valence-corrected chi connectivity index (χ3v) is 8.55. The van der Waals surface area contributed by atoms with E-state index >= 15 is 0 Å². The normalized spacial score (nSPS) is 13.9. The third kappa shape index (κ3) is 5.98. The quantitative estimate of drug-likeness (QED) is 0.497. The fraction of sp³-hybridized carbons (Fsp3) is 0.417. The van der Waals surface area contributed by atoms with Gasteiger partial charge >= 0.3 is 12.1 Å². The van der Waals surface area contributed by atoms with Crippen molar-refractivity contribution >= 4 is 33.7 Å². The summed E-state index contributed by atoms with van der Waals surface area (Å²) in [6.45, 7) is 6.53. The van der Waals surface area contributed by atoms with Crippen LogP contribution in [0.5, 0.6) is 0 Å². The van der Waals surface area contributed by atoms with Gasteiger partial charge in [0.1, 0.15) is 6.61 Å². The number of hydrogen-bond donors (Lipinski definition) is 1. The van der Waals surface area contributed by atoms with Crippen LogP contribution in [0, 0.1) is 0 Å². The Labute approximate surface area is 191 Å². The Morgan fingerprint density at radius 3 is 2.13 bits per heavy atom. The lowest BCUT2D eigenvalue weighted by molar-refractivity contribution is -0.137. The van der Waals surface area contributed by atoms with Gasteiger partial charge in [0, 0.05) is 23.5 Å². The summed E-state index contributed by atoms with van der Waals surface area (Å²) in [5.41, 5.74) is 4.65. The van der Waals surface area contributed by atoms with Crippen molar-refractivity contribution in [2.45, 2.75) is 43.9 Å². The number of carboxylic acids is 1. The molecule has 2 aromatic carbocycles. The van der Waals surface area contributed by atoms with Gasteiger partial charge in [0.15, 0.2) is 0 Å². The van der Waals surface area contributed by atoms with Crippen molar-refractivity contribution in [1.29, 1.82) is 0 Å². The predicted octanol–water partition coefficient (Wildman–Crippen LogP) is 5.89. The van der Waals surface area contributed by atoms with Crippen LogP contribution < -0.4 is 0 Å². The van der Waals surface area contributed by atoms with Gasteiger partial charge in [0.2, 0.25) is 0 Å². The Hall–Kier alpha value is -2.12. The van der Waals surface area contributed by atoms with E-state index in [2.05, 4.69) is 45.0 Å². The molecule has 5 nitrogen and oxygen atoms in total. The largest absolute Gasteiger partial charge is 0.481 e. The molecule has 3 rings (SSSR count). The van der Waals surface area contributed by atoms with Crippen LogP contribution >= 0.6 is 21.6 Å². The molecule has 1 N–H and O–H groups in total. The van der Waals surface area contributed by atoms with Crippen molar-refractivity contribution in [3.8, 4) is 11.1 Å². The molecule has 0 aromatic heterocycles. The monoisotopic (exact) mass is 459 g/mol. The molecule has 7 heteroatoms. The molecule has 166 valence electrons. The summed E-state index contributed by atoms with van der Waals surface area (Å²) < 4.78 is 5.75. The molecule has 0 bridgehead atoms. The fourth-order valence-corrected chi connectivity index (χ4v) is 6.30. The number of carboxylic acid groups (broad SMARTS) is 1. The molecule has 1 amide bonds. The maximum absolute atomic E-state index is 12.8. The summed E-state index contributed by atoms with van der Waals surface area (Å²) in [6, 6.07) is 15.9. The summed E-state index contributed by atoms with van der Waals surface area (Å²) in [7, 11) is 4.89. The van der Waals surface area contributed by atoms with Crippen molar-refractivity contribution < 1.29 is 19.4 Å². The van der Waals surface area contributed by atoms with E-state index in [1.165, 1.54) is 16.0 Å². The van der Waals surface area contributed by atoms with Crippen molar-refractivity contribution in [2.75, 3.05) is 19.4 Å². The van der Waals surface area contributed by atoms with Crippen LogP contribution in [0.3, 0.4) is 0 Å². The molecule has 0 radical (unpaired) electrons. The summed E-state index contributed by atoms with van der Waals surface area (Å²) in [5, 5.41) is 9.30. The zero-order valence-corrected chi connectivity index (χ0v) is 20.0. The Morgan fingerprint density at radius 1 is 1.06 bits per heavy atom. The van der Waals surface area contributed by atoms with Gasteiger partial charge in [-0.15, -0.1) is 0 Å². The molecule has 2 aromatic rings. The first-order valence-corrected chi connectivity index (χ1v) is 12.6. The number of fused-ring (bicyclic) bond motifs is 3. The number of aliphatic carboxylic acids is 1. The van der Waals surface area contributed by atoms with E-state index in [4.69, 9.17) is 4.74 Å². The first-order valence-electron chi connectivity index (χ1n) is 10.3. The number of amides is 1. The molecule has 0 unspecified atom stereocenters. The minimum absolute atomic E-state index is 0.0199. The van der Waals surface area contributed by atoms with Gasteiger partial charge in [-0.1, -0.05) is 90.9 Å². The zero-order valence-electron chi connectivity index (χ0n) is 18.3. The molecular weight excluding hydrogens is 430 g/mol.